The van der Waals surface area contributed by atoms with Crippen molar-refractivity contribution >= 4 is 11.9 Å². The van der Waals surface area contributed by atoms with Crippen LogP contribution in [0.15, 0.2) is 24.3 Å². The molecule has 1 aromatic carbocycles. The predicted molar refractivity (Wildman–Crippen MR) is 75.5 cm³/mol. The first kappa shape index (κ1) is 15.3. The number of carbonyl (C=O) groups is 2. The zero-order chi connectivity index (χ0) is 15.2. The van der Waals surface area contributed by atoms with Crippen LogP contribution >= 0.6 is 0 Å². The molecule has 0 unspecified atom stereocenters. The van der Waals surface area contributed by atoms with Crippen molar-refractivity contribution in [1.29, 1.82) is 0 Å². The molecule has 1 heterocycles. The van der Waals surface area contributed by atoms with Crippen molar-refractivity contribution in [2.75, 3.05) is 13.2 Å². The lowest BCUT2D eigenvalue weighted by molar-refractivity contribution is -0.138. The number of ether oxygens (including phenoxy) is 2. The summed E-state index contributed by atoms with van der Waals surface area (Å²) in [6, 6.07) is 5.73. The second-order valence-electron chi connectivity index (χ2n) is 5.01. The Labute approximate surface area is 123 Å². The molecular formula is C15H19NO5. The number of amides is 1. The number of hydrogen-bond acceptors (Lipinski definition) is 4. The highest BCUT2D eigenvalue weighted by molar-refractivity contribution is 5.96. The minimum absolute atomic E-state index is 0.106. The average Bonchev–Trinajstić information content (AvgIpc) is 2.98. The zero-order valence-electron chi connectivity index (χ0n) is 11.9. The second kappa shape index (κ2) is 7.08. The van der Waals surface area contributed by atoms with Gasteiger partial charge in [-0.2, -0.15) is 0 Å². The van der Waals surface area contributed by atoms with Crippen molar-refractivity contribution in [1.82, 2.24) is 5.32 Å². The molecule has 2 atom stereocenters. The monoisotopic (exact) mass is 293 g/mol. The van der Waals surface area contributed by atoms with Gasteiger partial charge in [0.15, 0.2) is 0 Å². The van der Waals surface area contributed by atoms with E-state index in [1.54, 1.807) is 24.3 Å². The maximum absolute atomic E-state index is 11.9. The maximum atomic E-state index is 11.9. The van der Waals surface area contributed by atoms with Crippen LogP contribution < -0.4 is 10.1 Å². The minimum Gasteiger partial charge on any atom is -0.491 e. The van der Waals surface area contributed by atoms with Gasteiger partial charge in [-0.1, -0.05) is 6.07 Å². The third-order valence-corrected chi connectivity index (χ3v) is 3.27. The van der Waals surface area contributed by atoms with Crippen LogP contribution in [-0.4, -0.2) is 42.3 Å². The summed E-state index contributed by atoms with van der Waals surface area (Å²) in [7, 11) is 0. The highest BCUT2D eigenvalue weighted by Gasteiger charge is 2.17. The Kier molecular flexibility index (Phi) is 5.16. The smallest absolute Gasteiger partial charge is 0.325 e. The van der Waals surface area contributed by atoms with Crippen molar-refractivity contribution < 1.29 is 24.2 Å². The topological polar surface area (TPSA) is 84.9 Å². The van der Waals surface area contributed by atoms with Crippen LogP contribution in [0.25, 0.3) is 0 Å². The van der Waals surface area contributed by atoms with E-state index in [4.69, 9.17) is 14.6 Å². The summed E-state index contributed by atoms with van der Waals surface area (Å²) in [6.07, 6.45) is 2.13. The van der Waals surface area contributed by atoms with Gasteiger partial charge in [0, 0.05) is 12.2 Å². The molecule has 6 nitrogen and oxygen atoms in total. The Bertz CT molecular complexity index is 511. The average molecular weight is 293 g/mol. The summed E-state index contributed by atoms with van der Waals surface area (Å²) in [5.41, 5.74) is 0.368. The van der Waals surface area contributed by atoms with E-state index >= 15 is 0 Å². The first-order valence-electron chi connectivity index (χ1n) is 6.94. The summed E-state index contributed by atoms with van der Waals surface area (Å²) >= 11 is 0. The zero-order valence-corrected chi connectivity index (χ0v) is 11.9. The lowest BCUT2D eigenvalue weighted by Gasteiger charge is -2.13. The fourth-order valence-electron chi connectivity index (χ4n) is 2.03. The number of aliphatic carboxylic acids is 1. The van der Waals surface area contributed by atoms with Crippen LogP contribution in [-0.2, 0) is 9.53 Å². The molecule has 1 saturated heterocycles. The molecule has 2 rings (SSSR count). The third kappa shape index (κ3) is 4.46. The standard InChI is InChI=1S/C15H19NO5/c1-10(15(18)19)16-14(17)11-4-2-5-12(8-11)21-9-13-6-3-7-20-13/h2,4-5,8,10,13H,3,6-7,9H2,1H3,(H,16,17)(H,18,19)/t10-,13+/m1/s1. The van der Waals surface area contributed by atoms with Crippen LogP contribution in [0.1, 0.15) is 30.1 Å². The van der Waals surface area contributed by atoms with E-state index in [-0.39, 0.29) is 6.10 Å². The van der Waals surface area contributed by atoms with Gasteiger partial charge in [0.05, 0.1) is 6.10 Å². The Morgan fingerprint density at radius 2 is 2.33 bits per heavy atom. The molecule has 6 heteroatoms. The molecule has 1 aromatic rings. The van der Waals surface area contributed by atoms with Gasteiger partial charge in [0.25, 0.3) is 5.91 Å². The van der Waals surface area contributed by atoms with Gasteiger partial charge in [-0.3, -0.25) is 9.59 Å². The van der Waals surface area contributed by atoms with Crippen molar-refractivity contribution in [3.8, 4) is 5.75 Å². The molecule has 1 amide bonds. The predicted octanol–water partition coefficient (Wildman–Crippen LogP) is 1.45. The van der Waals surface area contributed by atoms with Crippen LogP contribution in [0, 0.1) is 0 Å². The molecule has 0 aromatic heterocycles. The Balaban J connectivity index is 1.93. The summed E-state index contributed by atoms with van der Waals surface area (Å²) in [6.45, 7) is 2.64. The SMILES string of the molecule is C[C@@H](NC(=O)c1cccc(OC[C@@H]2CCCO2)c1)C(=O)O. The number of nitrogens with one attached hydrogen (secondary N) is 1. The van der Waals surface area contributed by atoms with E-state index in [1.165, 1.54) is 6.92 Å². The summed E-state index contributed by atoms with van der Waals surface area (Å²) in [5.74, 6) is -0.942. The fourth-order valence-corrected chi connectivity index (χ4v) is 2.03. The van der Waals surface area contributed by atoms with Crippen LogP contribution in [0.4, 0.5) is 0 Å². The molecule has 0 spiro atoms. The Hall–Kier alpha value is -2.08. The van der Waals surface area contributed by atoms with Gasteiger partial charge in [-0.15, -0.1) is 0 Å². The number of benzene rings is 1. The number of carboxylic acid groups (broad SMARTS) is 1. The number of carboxylic acids is 1. The normalized spacial score (nSPS) is 19.0. The Morgan fingerprint density at radius 3 is 3.00 bits per heavy atom. The van der Waals surface area contributed by atoms with Gasteiger partial charge >= 0.3 is 5.97 Å². The van der Waals surface area contributed by atoms with Gasteiger partial charge in [-0.05, 0) is 38.0 Å². The van der Waals surface area contributed by atoms with Gasteiger partial charge in [-0.25, -0.2) is 0 Å². The van der Waals surface area contributed by atoms with Crippen molar-refractivity contribution in [2.24, 2.45) is 0 Å². The summed E-state index contributed by atoms with van der Waals surface area (Å²) in [5, 5.41) is 11.2. The van der Waals surface area contributed by atoms with E-state index in [0.717, 1.165) is 19.4 Å². The quantitative estimate of drug-likeness (QED) is 0.829. The van der Waals surface area contributed by atoms with Crippen LogP contribution in [0.3, 0.4) is 0 Å². The minimum atomic E-state index is -1.07. The van der Waals surface area contributed by atoms with Crippen LogP contribution in [0.2, 0.25) is 0 Å². The third-order valence-electron chi connectivity index (χ3n) is 3.27. The van der Waals surface area contributed by atoms with Crippen molar-refractivity contribution in [3.05, 3.63) is 29.8 Å². The number of carbonyl (C=O) groups excluding carboxylic acids is 1. The summed E-state index contributed by atoms with van der Waals surface area (Å²) < 4.78 is 11.1. The Morgan fingerprint density at radius 1 is 1.52 bits per heavy atom. The van der Waals surface area contributed by atoms with Crippen molar-refractivity contribution in [2.45, 2.75) is 31.9 Å². The molecule has 2 N–H and O–H groups in total. The van der Waals surface area contributed by atoms with Crippen LogP contribution in [0.5, 0.6) is 5.75 Å². The second-order valence-corrected chi connectivity index (χ2v) is 5.01. The molecule has 0 bridgehead atoms. The largest absolute Gasteiger partial charge is 0.491 e. The van der Waals surface area contributed by atoms with E-state index < -0.39 is 17.9 Å². The molecular weight excluding hydrogens is 274 g/mol. The molecule has 21 heavy (non-hydrogen) atoms. The van der Waals surface area contributed by atoms with E-state index in [9.17, 15) is 9.59 Å². The number of hydrogen-bond donors (Lipinski definition) is 2. The van der Waals surface area contributed by atoms with E-state index in [0.29, 0.717) is 17.9 Å². The first-order chi connectivity index (χ1) is 10.1. The lowest BCUT2D eigenvalue weighted by Crippen LogP contribution is -2.38. The number of rotatable bonds is 6. The van der Waals surface area contributed by atoms with Gasteiger partial charge in [0.2, 0.25) is 0 Å². The summed E-state index contributed by atoms with van der Waals surface area (Å²) in [4.78, 5) is 22.6. The highest BCUT2D eigenvalue weighted by atomic mass is 16.5. The molecule has 114 valence electrons. The van der Waals surface area contributed by atoms with E-state index in [1.807, 2.05) is 0 Å². The fraction of sp³-hybridized carbons (Fsp3) is 0.467. The first-order valence-corrected chi connectivity index (χ1v) is 6.94. The molecule has 0 aliphatic carbocycles. The lowest BCUT2D eigenvalue weighted by atomic mass is 10.2. The molecule has 1 aliphatic rings. The van der Waals surface area contributed by atoms with Gasteiger partial charge < -0.3 is 19.9 Å². The van der Waals surface area contributed by atoms with E-state index in [2.05, 4.69) is 5.32 Å². The molecule has 1 aliphatic heterocycles. The van der Waals surface area contributed by atoms with Gasteiger partial charge in [0.1, 0.15) is 18.4 Å². The maximum Gasteiger partial charge on any atom is 0.325 e. The molecule has 1 fully saturated rings. The highest BCUT2D eigenvalue weighted by Crippen LogP contribution is 2.17. The molecule has 0 radical (unpaired) electrons. The van der Waals surface area contributed by atoms with Crippen molar-refractivity contribution in [3.63, 3.8) is 0 Å². The molecule has 0 saturated carbocycles.